The quantitative estimate of drug-likeness (QED) is 0.428. The van der Waals surface area contributed by atoms with Crippen molar-refractivity contribution >= 4 is 23.1 Å². The molecular weight excluding hydrogens is 344 g/mol. The molecule has 1 N–H and O–H groups in total. The monoisotopic (exact) mass is 364 g/mol. The van der Waals surface area contributed by atoms with Gasteiger partial charge in [-0.15, -0.1) is 0 Å². The molecule has 27 heavy (non-hydrogen) atoms. The smallest absolute Gasteiger partial charge is 0.336 e. The fraction of sp³-hybridized carbons (Fsp3) is 0.190. The Labute approximate surface area is 156 Å². The average molecular weight is 364 g/mol. The Balaban J connectivity index is 1.59. The Morgan fingerprint density at radius 2 is 1.93 bits per heavy atom. The van der Waals surface area contributed by atoms with Gasteiger partial charge in [0.05, 0.1) is 6.21 Å². The summed E-state index contributed by atoms with van der Waals surface area (Å²) in [5, 5.41) is 4.78. The van der Waals surface area contributed by atoms with Crippen LogP contribution in [0.15, 0.2) is 56.8 Å². The summed E-state index contributed by atoms with van der Waals surface area (Å²) in [6.07, 6.45) is 1.60. The van der Waals surface area contributed by atoms with Crippen molar-refractivity contribution in [3.63, 3.8) is 0 Å². The molecule has 1 amide bonds. The van der Waals surface area contributed by atoms with Crippen LogP contribution in [-0.2, 0) is 4.79 Å². The standard InChI is InChI=1S/C21H20N2O4/c1-13-4-5-16(14(2)8-13)11-22-23-20(24)12-26-17-6-7-18-15(3)9-21(25)27-19(18)10-17/h4-11H,12H2,1-3H3,(H,23,24)/b22-11-. The molecule has 6 nitrogen and oxygen atoms in total. The third kappa shape index (κ3) is 4.61. The van der Waals surface area contributed by atoms with E-state index >= 15 is 0 Å². The van der Waals surface area contributed by atoms with Gasteiger partial charge in [0.1, 0.15) is 11.3 Å². The van der Waals surface area contributed by atoms with Crippen molar-refractivity contribution in [1.82, 2.24) is 5.43 Å². The van der Waals surface area contributed by atoms with Crippen molar-refractivity contribution in [2.75, 3.05) is 6.61 Å². The lowest BCUT2D eigenvalue weighted by molar-refractivity contribution is -0.123. The summed E-state index contributed by atoms with van der Waals surface area (Å²) < 4.78 is 10.6. The molecule has 0 aliphatic heterocycles. The lowest BCUT2D eigenvalue weighted by atomic mass is 10.1. The zero-order chi connectivity index (χ0) is 19.4. The molecule has 0 saturated carbocycles. The van der Waals surface area contributed by atoms with E-state index < -0.39 is 5.63 Å². The summed E-state index contributed by atoms with van der Waals surface area (Å²) in [4.78, 5) is 23.4. The van der Waals surface area contributed by atoms with E-state index in [-0.39, 0.29) is 12.5 Å². The van der Waals surface area contributed by atoms with Gasteiger partial charge in [-0.2, -0.15) is 5.10 Å². The van der Waals surface area contributed by atoms with Crippen molar-refractivity contribution in [1.29, 1.82) is 0 Å². The van der Waals surface area contributed by atoms with E-state index in [1.54, 1.807) is 24.4 Å². The van der Waals surface area contributed by atoms with Gasteiger partial charge >= 0.3 is 5.63 Å². The van der Waals surface area contributed by atoms with E-state index in [1.807, 2.05) is 39.0 Å². The first-order valence-corrected chi connectivity index (χ1v) is 8.49. The number of hydrogen-bond donors (Lipinski definition) is 1. The first kappa shape index (κ1) is 18.4. The maximum atomic E-state index is 11.9. The maximum absolute atomic E-state index is 11.9. The summed E-state index contributed by atoms with van der Waals surface area (Å²) in [7, 11) is 0. The van der Waals surface area contributed by atoms with Gasteiger partial charge in [-0.05, 0) is 49.6 Å². The number of benzene rings is 2. The van der Waals surface area contributed by atoms with Gasteiger partial charge in [0.25, 0.3) is 5.91 Å². The highest BCUT2D eigenvalue weighted by Crippen LogP contribution is 2.22. The molecule has 0 bridgehead atoms. The number of hydrogen-bond acceptors (Lipinski definition) is 5. The van der Waals surface area contributed by atoms with Crippen LogP contribution < -0.4 is 15.8 Å². The first-order chi connectivity index (χ1) is 12.9. The minimum atomic E-state index is -0.421. The summed E-state index contributed by atoms with van der Waals surface area (Å²) in [5.41, 5.74) is 6.44. The number of fused-ring (bicyclic) bond motifs is 1. The highest BCUT2D eigenvalue weighted by Gasteiger charge is 2.06. The van der Waals surface area contributed by atoms with Crippen LogP contribution in [0.1, 0.15) is 22.3 Å². The molecule has 0 unspecified atom stereocenters. The predicted molar refractivity (Wildman–Crippen MR) is 104 cm³/mol. The third-order valence-corrected chi connectivity index (χ3v) is 4.11. The fourth-order valence-electron chi connectivity index (χ4n) is 2.72. The number of ether oxygens (including phenoxy) is 1. The Morgan fingerprint density at radius 3 is 2.70 bits per heavy atom. The summed E-state index contributed by atoms with van der Waals surface area (Å²) in [5.74, 6) is 0.0477. The first-order valence-electron chi connectivity index (χ1n) is 8.49. The second kappa shape index (κ2) is 7.86. The van der Waals surface area contributed by atoms with Crippen molar-refractivity contribution in [2.24, 2.45) is 5.10 Å². The number of hydrazone groups is 1. The zero-order valence-electron chi connectivity index (χ0n) is 15.4. The SMILES string of the molecule is Cc1ccc(/C=N\NC(=O)COc2ccc3c(C)cc(=O)oc3c2)c(C)c1. The maximum Gasteiger partial charge on any atom is 0.336 e. The Bertz CT molecular complexity index is 1080. The molecule has 1 heterocycles. The van der Waals surface area contributed by atoms with Crippen molar-refractivity contribution in [2.45, 2.75) is 20.8 Å². The molecule has 1 aromatic heterocycles. The zero-order valence-corrected chi connectivity index (χ0v) is 15.4. The highest BCUT2D eigenvalue weighted by molar-refractivity contribution is 5.84. The van der Waals surface area contributed by atoms with E-state index in [2.05, 4.69) is 10.5 Å². The van der Waals surface area contributed by atoms with Crippen molar-refractivity contribution in [3.05, 3.63) is 75.1 Å². The van der Waals surface area contributed by atoms with E-state index in [0.717, 1.165) is 22.1 Å². The van der Waals surface area contributed by atoms with Crippen molar-refractivity contribution < 1.29 is 13.9 Å². The lowest BCUT2D eigenvalue weighted by Crippen LogP contribution is -2.24. The van der Waals surface area contributed by atoms with Crippen LogP contribution >= 0.6 is 0 Å². The highest BCUT2D eigenvalue weighted by atomic mass is 16.5. The van der Waals surface area contributed by atoms with Gasteiger partial charge in [0.15, 0.2) is 6.61 Å². The average Bonchev–Trinajstić information content (AvgIpc) is 2.61. The van der Waals surface area contributed by atoms with Crippen LogP contribution in [0.5, 0.6) is 5.75 Å². The van der Waals surface area contributed by atoms with Crippen LogP contribution in [0.25, 0.3) is 11.0 Å². The second-order valence-electron chi connectivity index (χ2n) is 6.35. The molecule has 0 fully saturated rings. The van der Waals surface area contributed by atoms with Gasteiger partial charge in [-0.25, -0.2) is 10.2 Å². The van der Waals surface area contributed by atoms with E-state index in [1.165, 1.54) is 11.6 Å². The van der Waals surface area contributed by atoms with Gasteiger partial charge in [-0.3, -0.25) is 4.79 Å². The Morgan fingerprint density at radius 1 is 1.11 bits per heavy atom. The number of carbonyl (C=O) groups excluding carboxylic acids is 1. The predicted octanol–water partition coefficient (Wildman–Crippen LogP) is 3.25. The molecule has 0 atom stereocenters. The van der Waals surface area contributed by atoms with Crippen LogP contribution in [0.4, 0.5) is 0 Å². The van der Waals surface area contributed by atoms with Crippen LogP contribution in [-0.4, -0.2) is 18.7 Å². The number of aryl methyl sites for hydroxylation is 3. The van der Waals surface area contributed by atoms with Crippen molar-refractivity contribution in [3.8, 4) is 5.75 Å². The summed E-state index contributed by atoms with van der Waals surface area (Å²) in [6.45, 7) is 5.64. The molecule has 0 aliphatic carbocycles. The van der Waals surface area contributed by atoms with Crippen LogP contribution in [0.2, 0.25) is 0 Å². The molecule has 0 spiro atoms. The van der Waals surface area contributed by atoms with Gasteiger partial charge in [0, 0.05) is 17.5 Å². The van der Waals surface area contributed by atoms with E-state index in [4.69, 9.17) is 9.15 Å². The number of nitrogens with zero attached hydrogens (tertiary/aromatic N) is 1. The lowest BCUT2D eigenvalue weighted by Gasteiger charge is -2.07. The molecular formula is C21H20N2O4. The molecule has 0 aliphatic rings. The molecule has 2 aromatic carbocycles. The fourth-order valence-corrected chi connectivity index (χ4v) is 2.72. The molecule has 0 saturated heterocycles. The largest absolute Gasteiger partial charge is 0.484 e. The minimum Gasteiger partial charge on any atom is -0.484 e. The van der Waals surface area contributed by atoms with Gasteiger partial charge < -0.3 is 9.15 Å². The topological polar surface area (TPSA) is 80.9 Å². The van der Waals surface area contributed by atoms with E-state index in [0.29, 0.717) is 11.3 Å². The molecule has 3 rings (SSSR count). The Kier molecular flexibility index (Phi) is 5.35. The minimum absolute atomic E-state index is 0.203. The summed E-state index contributed by atoms with van der Waals surface area (Å²) in [6, 6.07) is 12.5. The molecule has 138 valence electrons. The van der Waals surface area contributed by atoms with Gasteiger partial charge in [0.2, 0.25) is 0 Å². The molecule has 6 heteroatoms. The molecule has 3 aromatic rings. The third-order valence-electron chi connectivity index (χ3n) is 4.11. The normalized spacial score (nSPS) is 11.1. The number of amides is 1. The Hall–Kier alpha value is -3.41. The second-order valence-corrected chi connectivity index (χ2v) is 6.35. The molecule has 0 radical (unpaired) electrons. The van der Waals surface area contributed by atoms with Crippen LogP contribution in [0, 0.1) is 20.8 Å². The number of nitrogens with one attached hydrogen (secondary N) is 1. The van der Waals surface area contributed by atoms with Crippen LogP contribution in [0.3, 0.4) is 0 Å². The van der Waals surface area contributed by atoms with E-state index in [9.17, 15) is 9.59 Å². The number of carbonyl (C=O) groups is 1. The van der Waals surface area contributed by atoms with Gasteiger partial charge in [-0.1, -0.05) is 23.8 Å². The number of rotatable bonds is 5. The summed E-state index contributed by atoms with van der Waals surface area (Å²) >= 11 is 0.